The minimum atomic E-state index is -0.835. The fourth-order valence-corrected chi connectivity index (χ4v) is 6.96. The van der Waals surface area contributed by atoms with E-state index in [4.69, 9.17) is 42.9 Å². The number of rotatable bonds is 10. The molecule has 0 spiro atoms. The van der Waals surface area contributed by atoms with Gasteiger partial charge >= 0.3 is 11.9 Å². The summed E-state index contributed by atoms with van der Waals surface area (Å²) in [6, 6.07) is 20.2. The number of ether oxygens (including phenoxy) is 2. The summed E-state index contributed by atoms with van der Waals surface area (Å²) in [6.07, 6.45) is 1.47. The Balaban J connectivity index is 0.000000193. The zero-order valence-electron chi connectivity index (χ0n) is 29.9. The van der Waals surface area contributed by atoms with E-state index >= 15 is 0 Å². The van der Waals surface area contributed by atoms with Gasteiger partial charge in [0.2, 0.25) is 5.91 Å². The van der Waals surface area contributed by atoms with Gasteiger partial charge in [-0.05, 0) is 92.2 Å². The molecule has 5 aliphatic rings. The minimum Gasteiger partial charge on any atom is -0.486 e. The molecule has 13 nitrogen and oxygen atoms in total. The van der Waals surface area contributed by atoms with Crippen LogP contribution in [0.25, 0.3) is 0 Å². The third-order valence-electron chi connectivity index (χ3n) is 10.3. The average Bonchev–Trinajstić information content (AvgIpc) is 3.60. The van der Waals surface area contributed by atoms with Crippen LogP contribution in [0, 0.1) is 17.8 Å². The molecule has 3 aromatic carbocycles. The van der Waals surface area contributed by atoms with Crippen molar-refractivity contribution in [3.8, 4) is 11.5 Å². The number of amides is 1. The Labute approximate surface area is 324 Å². The third-order valence-corrected chi connectivity index (χ3v) is 10.8. The van der Waals surface area contributed by atoms with Gasteiger partial charge in [0.15, 0.2) is 11.5 Å². The van der Waals surface area contributed by atoms with E-state index in [1.54, 1.807) is 0 Å². The average molecular weight is 785 g/mol. The zero-order valence-corrected chi connectivity index (χ0v) is 31.4. The highest BCUT2D eigenvalue weighted by molar-refractivity contribution is 6.30. The molecule has 0 unspecified atom stereocenters. The number of aliphatic carboxylic acids is 2. The van der Waals surface area contributed by atoms with E-state index < -0.39 is 24.1 Å². The van der Waals surface area contributed by atoms with Crippen molar-refractivity contribution in [1.29, 1.82) is 0 Å². The molecular formula is C39H47Cl2N5O8. The standard InChI is InChI=1S/C25H30ClN3O4.C10H10ClNO2.C4H7NO2/c26-19-4-6-20(7-5-19)29-14-18(15-29)25(31)27-21(16-28-9-1-2-10-28)24(30)17-3-8-22-23(13-17)33-12-11-32-22;11-8-1-3-9(4-2-8)12-5-7(6-12)10(13)14;6-4(7)3-1-5-2-3/h3-8,13,18,21,24,30H,1-2,9-12,14-16H2,(H,27,31);1-4,7H,5-6H2,(H,13,14);3,5H,1-2H2,(H,6,7)/t21-,24-;;/m1../s1. The Morgan fingerprint density at radius 1 is 0.741 bits per heavy atom. The van der Waals surface area contributed by atoms with E-state index in [1.165, 1.54) is 0 Å². The van der Waals surface area contributed by atoms with Crippen molar-refractivity contribution in [2.24, 2.45) is 17.8 Å². The third kappa shape index (κ3) is 10.3. The van der Waals surface area contributed by atoms with E-state index in [2.05, 4.69) is 20.4 Å². The molecule has 0 aliphatic carbocycles. The molecule has 4 saturated heterocycles. The Hall–Kier alpha value is -4.27. The zero-order chi connectivity index (χ0) is 38.2. The van der Waals surface area contributed by atoms with Crippen molar-refractivity contribution in [3.05, 3.63) is 82.3 Å². The van der Waals surface area contributed by atoms with Crippen LogP contribution in [-0.2, 0) is 14.4 Å². The molecule has 3 aromatic rings. The summed E-state index contributed by atoms with van der Waals surface area (Å²) in [5.41, 5.74) is 2.82. The predicted molar refractivity (Wildman–Crippen MR) is 206 cm³/mol. The molecule has 8 rings (SSSR count). The van der Waals surface area contributed by atoms with Crippen molar-refractivity contribution in [1.82, 2.24) is 15.5 Å². The van der Waals surface area contributed by atoms with Gasteiger partial charge < -0.3 is 50.1 Å². The summed E-state index contributed by atoms with van der Waals surface area (Å²) < 4.78 is 11.3. The number of benzene rings is 3. The summed E-state index contributed by atoms with van der Waals surface area (Å²) in [5, 5.41) is 35.6. The number of aliphatic hydroxyl groups excluding tert-OH is 1. The molecule has 15 heteroatoms. The smallest absolute Gasteiger partial charge is 0.310 e. The van der Waals surface area contributed by atoms with Gasteiger partial charge in [-0.1, -0.05) is 29.3 Å². The van der Waals surface area contributed by atoms with Crippen molar-refractivity contribution in [2.75, 3.05) is 81.9 Å². The van der Waals surface area contributed by atoms with Crippen LogP contribution in [0.4, 0.5) is 11.4 Å². The molecule has 0 radical (unpaired) electrons. The summed E-state index contributed by atoms with van der Waals surface area (Å²) in [6.45, 7) is 7.42. The number of nitrogens with zero attached hydrogens (tertiary/aromatic N) is 3. The van der Waals surface area contributed by atoms with Crippen molar-refractivity contribution >= 4 is 52.4 Å². The number of aliphatic hydroxyl groups is 1. The van der Waals surface area contributed by atoms with E-state index in [9.17, 15) is 19.5 Å². The second-order valence-corrected chi connectivity index (χ2v) is 15.0. The number of hydrogen-bond acceptors (Lipinski definition) is 10. The fourth-order valence-electron chi connectivity index (χ4n) is 6.71. The van der Waals surface area contributed by atoms with Crippen molar-refractivity contribution in [2.45, 2.75) is 25.0 Å². The summed E-state index contributed by atoms with van der Waals surface area (Å²) in [7, 11) is 0. The Morgan fingerprint density at radius 3 is 1.74 bits per heavy atom. The first-order valence-electron chi connectivity index (χ1n) is 18.3. The highest BCUT2D eigenvalue weighted by atomic mass is 35.5. The predicted octanol–water partition coefficient (Wildman–Crippen LogP) is 4.01. The van der Waals surface area contributed by atoms with E-state index in [0.29, 0.717) is 80.6 Å². The van der Waals surface area contributed by atoms with Crippen LogP contribution >= 0.6 is 23.2 Å². The van der Waals surface area contributed by atoms with E-state index in [1.807, 2.05) is 71.6 Å². The number of carbonyl (C=O) groups excluding carboxylic acids is 1. The minimum absolute atomic E-state index is 0.0130. The van der Waals surface area contributed by atoms with Gasteiger partial charge in [-0.15, -0.1) is 0 Å². The second kappa shape index (κ2) is 18.4. The van der Waals surface area contributed by atoms with Gasteiger partial charge in [0, 0.05) is 67.2 Å². The summed E-state index contributed by atoms with van der Waals surface area (Å²) in [4.78, 5) is 40.1. The monoisotopic (exact) mass is 783 g/mol. The number of nitrogens with one attached hydrogen (secondary N) is 2. The maximum absolute atomic E-state index is 13.1. The highest BCUT2D eigenvalue weighted by Crippen LogP contribution is 2.34. The van der Waals surface area contributed by atoms with Gasteiger partial charge in [-0.2, -0.15) is 0 Å². The topological polar surface area (TPSA) is 164 Å². The largest absolute Gasteiger partial charge is 0.486 e. The van der Waals surface area contributed by atoms with Crippen LogP contribution in [-0.4, -0.2) is 116 Å². The van der Waals surface area contributed by atoms with Crippen LogP contribution in [0.1, 0.15) is 24.5 Å². The molecule has 4 fully saturated rings. The van der Waals surface area contributed by atoms with E-state index in [0.717, 1.165) is 42.9 Å². The second-order valence-electron chi connectivity index (χ2n) is 14.2. The molecule has 0 bridgehead atoms. The quantitative estimate of drug-likeness (QED) is 0.201. The van der Waals surface area contributed by atoms with Crippen LogP contribution in [0.3, 0.4) is 0 Å². The van der Waals surface area contributed by atoms with Crippen LogP contribution in [0.5, 0.6) is 11.5 Å². The number of carbonyl (C=O) groups is 3. The van der Waals surface area contributed by atoms with Crippen LogP contribution < -0.4 is 29.9 Å². The lowest BCUT2D eigenvalue weighted by Crippen LogP contribution is -2.57. The number of fused-ring (bicyclic) bond motifs is 1. The number of hydrogen-bond donors (Lipinski definition) is 5. The molecule has 0 aromatic heterocycles. The lowest BCUT2D eigenvalue weighted by Gasteiger charge is -2.41. The maximum atomic E-state index is 13.1. The highest BCUT2D eigenvalue weighted by Gasteiger charge is 2.36. The molecular weight excluding hydrogens is 737 g/mol. The van der Waals surface area contributed by atoms with Gasteiger partial charge in [0.05, 0.1) is 23.8 Å². The Kier molecular flexibility index (Phi) is 13.4. The number of anilines is 2. The molecule has 5 N–H and O–H groups in total. The first-order chi connectivity index (χ1) is 26.0. The summed E-state index contributed by atoms with van der Waals surface area (Å²) in [5.74, 6) is -0.509. The molecule has 5 heterocycles. The molecule has 0 saturated carbocycles. The van der Waals surface area contributed by atoms with Crippen LogP contribution in [0.2, 0.25) is 10.0 Å². The maximum Gasteiger partial charge on any atom is 0.310 e. The number of likely N-dealkylation sites (tertiary alicyclic amines) is 1. The molecule has 2 atom stereocenters. The first-order valence-corrected chi connectivity index (χ1v) is 19.1. The molecule has 54 heavy (non-hydrogen) atoms. The molecule has 5 aliphatic heterocycles. The summed E-state index contributed by atoms with van der Waals surface area (Å²) >= 11 is 11.7. The van der Waals surface area contributed by atoms with Gasteiger partial charge in [0.1, 0.15) is 19.3 Å². The first kappa shape index (κ1) is 39.4. The lowest BCUT2D eigenvalue weighted by molar-refractivity contribution is -0.143. The van der Waals surface area contributed by atoms with Gasteiger partial charge in [-0.3, -0.25) is 14.4 Å². The number of carboxylic acids is 2. The van der Waals surface area contributed by atoms with Gasteiger partial charge in [-0.25, -0.2) is 0 Å². The molecule has 290 valence electrons. The fraction of sp³-hybridized carbons (Fsp3) is 0.462. The van der Waals surface area contributed by atoms with Crippen LogP contribution in [0.15, 0.2) is 66.7 Å². The SMILES string of the molecule is O=C(N[C@H](CN1CCCC1)[C@H](O)c1ccc2c(c1)OCCO2)C1CN(c2ccc(Cl)cc2)C1.O=C(O)C1CN(c2ccc(Cl)cc2)C1.O=C(O)C1CNC1. The Bertz CT molecular complexity index is 1730. The van der Waals surface area contributed by atoms with E-state index in [-0.39, 0.29) is 23.7 Å². The normalized spacial score (nSPS) is 19.4. The Morgan fingerprint density at radius 2 is 1.26 bits per heavy atom. The number of carboxylic acid groups (broad SMARTS) is 2. The van der Waals surface area contributed by atoms with Gasteiger partial charge in [0.25, 0.3) is 0 Å². The molecule has 1 amide bonds. The lowest BCUT2D eigenvalue weighted by atomic mass is 9.96. The van der Waals surface area contributed by atoms with Crippen molar-refractivity contribution < 1.29 is 39.2 Å². The number of halogens is 2. The van der Waals surface area contributed by atoms with Crippen molar-refractivity contribution in [3.63, 3.8) is 0 Å².